The molecule has 4 aromatic rings. The van der Waals surface area contributed by atoms with E-state index in [0.717, 1.165) is 16.3 Å². The van der Waals surface area contributed by atoms with Gasteiger partial charge in [-0.15, -0.1) is 0 Å². The Balaban J connectivity index is 1.23. The minimum absolute atomic E-state index is 0.0926. The molecule has 1 aliphatic heterocycles. The van der Waals surface area contributed by atoms with Crippen LogP contribution >= 0.6 is 11.6 Å². The quantitative estimate of drug-likeness (QED) is 0.213. The van der Waals surface area contributed by atoms with Crippen LogP contribution in [0.1, 0.15) is 24.0 Å². The van der Waals surface area contributed by atoms with Crippen molar-refractivity contribution in [3.05, 3.63) is 101 Å². The molecule has 1 amide bonds. The lowest BCUT2D eigenvalue weighted by Gasteiger charge is -2.22. The highest BCUT2D eigenvalue weighted by molar-refractivity contribution is 7.89. The fourth-order valence-electron chi connectivity index (χ4n) is 4.73. The van der Waals surface area contributed by atoms with Crippen molar-refractivity contribution in [2.75, 3.05) is 13.7 Å². The van der Waals surface area contributed by atoms with Gasteiger partial charge in [-0.3, -0.25) is 4.79 Å². The Kier molecular flexibility index (Phi) is 8.35. The molecular weight excluding hydrogens is 550 g/mol. The number of ether oxygens (including phenoxy) is 2. The van der Waals surface area contributed by atoms with Crippen molar-refractivity contribution in [1.29, 1.82) is 0 Å². The van der Waals surface area contributed by atoms with Gasteiger partial charge in [-0.05, 0) is 77.2 Å². The predicted octanol–water partition coefficient (Wildman–Crippen LogP) is 5.38. The molecule has 1 aliphatic rings. The van der Waals surface area contributed by atoms with Gasteiger partial charge in [0.15, 0.2) is 11.5 Å². The van der Waals surface area contributed by atoms with Gasteiger partial charge >= 0.3 is 0 Å². The third-order valence-corrected chi connectivity index (χ3v) is 8.94. The summed E-state index contributed by atoms with van der Waals surface area (Å²) in [4.78, 5) is 13.0. The lowest BCUT2D eigenvalue weighted by atomic mass is 10.1. The summed E-state index contributed by atoms with van der Waals surface area (Å²) < 4.78 is 39.0. The van der Waals surface area contributed by atoms with Gasteiger partial charge in [0.1, 0.15) is 12.6 Å². The van der Waals surface area contributed by atoms with Gasteiger partial charge in [0.05, 0.1) is 18.2 Å². The number of halogens is 1. The van der Waals surface area contributed by atoms with E-state index in [1.54, 1.807) is 25.3 Å². The average Bonchev–Trinajstić information content (AvgIpc) is 3.48. The van der Waals surface area contributed by atoms with E-state index in [1.807, 2.05) is 24.3 Å². The molecule has 1 fully saturated rings. The van der Waals surface area contributed by atoms with E-state index in [1.165, 1.54) is 34.8 Å². The standard InChI is InChI=1S/C30H28ClN3O5S/c1-38-29-18-21(11-16-28(29)39-20-23-8-4-7-22-6-2-3-9-26(22)23)19-32-33-30(35)27-10-5-17-34(27)40(36,37)25-14-12-24(31)13-15-25/h2-4,6-9,11-16,18-19,27H,5,10,17,20H2,1H3,(H,33,35)/b32-19-/t27-/m0/s1. The molecule has 8 nitrogen and oxygen atoms in total. The zero-order valence-electron chi connectivity index (χ0n) is 21.8. The van der Waals surface area contributed by atoms with Crippen molar-refractivity contribution < 1.29 is 22.7 Å². The third kappa shape index (κ3) is 5.96. The predicted molar refractivity (Wildman–Crippen MR) is 155 cm³/mol. The number of benzene rings is 4. The molecule has 0 spiro atoms. The fraction of sp³-hybridized carbons (Fsp3) is 0.200. The second kappa shape index (κ2) is 12.1. The zero-order valence-corrected chi connectivity index (χ0v) is 23.4. The molecule has 0 radical (unpaired) electrons. The Morgan fingerprint density at radius 1 is 1.05 bits per heavy atom. The minimum Gasteiger partial charge on any atom is -0.493 e. The molecule has 0 unspecified atom stereocenters. The van der Waals surface area contributed by atoms with Crippen molar-refractivity contribution in [2.24, 2.45) is 5.10 Å². The molecule has 0 bridgehead atoms. The van der Waals surface area contributed by atoms with Crippen molar-refractivity contribution in [2.45, 2.75) is 30.4 Å². The van der Waals surface area contributed by atoms with Crippen LogP contribution in [0.2, 0.25) is 5.02 Å². The number of methoxy groups -OCH3 is 1. The van der Waals surface area contributed by atoms with E-state index >= 15 is 0 Å². The minimum atomic E-state index is -3.85. The number of hydrogen-bond donors (Lipinski definition) is 1. The van der Waals surface area contributed by atoms with Crippen molar-refractivity contribution in [3.63, 3.8) is 0 Å². The molecule has 5 rings (SSSR count). The fourth-order valence-corrected chi connectivity index (χ4v) is 6.52. The smallest absolute Gasteiger partial charge is 0.258 e. The number of rotatable bonds is 9. The van der Waals surface area contributed by atoms with E-state index in [4.69, 9.17) is 21.1 Å². The van der Waals surface area contributed by atoms with Crippen LogP contribution < -0.4 is 14.9 Å². The maximum absolute atomic E-state index is 13.1. The summed E-state index contributed by atoms with van der Waals surface area (Å²) in [5, 5.41) is 6.77. The van der Waals surface area contributed by atoms with Crippen LogP contribution in [0.25, 0.3) is 10.8 Å². The lowest BCUT2D eigenvalue weighted by Crippen LogP contribution is -2.44. The van der Waals surface area contributed by atoms with E-state index in [0.29, 0.717) is 41.5 Å². The van der Waals surface area contributed by atoms with Crippen molar-refractivity contribution in [3.8, 4) is 11.5 Å². The van der Waals surface area contributed by atoms with E-state index in [-0.39, 0.29) is 11.4 Å². The topological polar surface area (TPSA) is 97.3 Å². The van der Waals surface area contributed by atoms with Crippen LogP contribution in [0.3, 0.4) is 0 Å². The van der Waals surface area contributed by atoms with Gasteiger partial charge in [0.25, 0.3) is 5.91 Å². The Labute approximate surface area is 238 Å². The summed E-state index contributed by atoms with van der Waals surface area (Å²) in [5.74, 6) is 0.602. The summed E-state index contributed by atoms with van der Waals surface area (Å²) in [6, 6.07) is 24.6. The molecule has 0 aliphatic carbocycles. The number of nitrogens with one attached hydrogen (secondary N) is 1. The zero-order chi connectivity index (χ0) is 28.1. The van der Waals surface area contributed by atoms with Gasteiger partial charge in [-0.25, -0.2) is 13.8 Å². The molecule has 0 aromatic heterocycles. The maximum Gasteiger partial charge on any atom is 0.258 e. The first-order chi connectivity index (χ1) is 19.4. The SMILES string of the molecule is COc1cc(/C=N\NC(=O)[C@@H]2CCCN2S(=O)(=O)c2ccc(Cl)cc2)ccc1OCc1cccc2ccccc12. The Hall–Kier alpha value is -3.92. The second-order valence-corrected chi connectivity index (χ2v) is 11.6. The molecule has 10 heteroatoms. The number of carbonyl (C=O) groups excluding carboxylic acids is 1. The number of nitrogens with zero attached hydrogens (tertiary/aromatic N) is 2. The van der Waals surface area contributed by atoms with Crippen molar-refractivity contribution in [1.82, 2.24) is 9.73 Å². The molecule has 1 saturated heterocycles. The van der Waals surface area contributed by atoms with Gasteiger partial charge in [0.2, 0.25) is 10.0 Å². The van der Waals surface area contributed by atoms with Crippen LogP contribution in [0, 0.1) is 0 Å². The van der Waals surface area contributed by atoms with Crippen LogP contribution in [-0.2, 0) is 21.4 Å². The Morgan fingerprint density at radius 2 is 1.82 bits per heavy atom. The number of fused-ring (bicyclic) bond motifs is 1. The number of sulfonamides is 1. The first-order valence-electron chi connectivity index (χ1n) is 12.7. The summed E-state index contributed by atoms with van der Waals surface area (Å²) in [7, 11) is -2.29. The highest BCUT2D eigenvalue weighted by atomic mass is 35.5. The molecule has 1 atom stereocenters. The van der Waals surface area contributed by atoms with Crippen molar-refractivity contribution >= 4 is 44.5 Å². The number of amides is 1. The van der Waals surface area contributed by atoms with E-state index < -0.39 is 22.0 Å². The van der Waals surface area contributed by atoms with Crippen LogP contribution in [0.5, 0.6) is 11.5 Å². The van der Waals surface area contributed by atoms with Crippen LogP contribution in [-0.4, -0.2) is 44.5 Å². The molecule has 0 saturated carbocycles. The summed E-state index contributed by atoms with van der Waals surface area (Å²) in [6.07, 6.45) is 2.46. The summed E-state index contributed by atoms with van der Waals surface area (Å²) in [6.45, 7) is 0.627. The van der Waals surface area contributed by atoms with Gasteiger partial charge in [-0.2, -0.15) is 9.41 Å². The normalized spacial score (nSPS) is 15.9. The number of carbonyl (C=O) groups is 1. The summed E-state index contributed by atoms with van der Waals surface area (Å²) in [5.41, 5.74) is 4.22. The molecule has 206 valence electrons. The highest BCUT2D eigenvalue weighted by Crippen LogP contribution is 2.30. The Bertz CT molecular complexity index is 1650. The molecular formula is C30H28ClN3O5S. The largest absolute Gasteiger partial charge is 0.493 e. The number of hydrogen-bond acceptors (Lipinski definition) is 6. The van der Waals surface area contributed by atoms with Gasteiger partial charge in [-0.1, -0.05) is 54.1 Å². The second-order valence-electron chi connectivity index (χ2n) is 9.30. The highest BCUT2D eigenvalue weighted by Gasteiger charge is 2.39. The Morgan fingerprint density at radius 3 is 2.62 bits per heavy atom. The van der Waals surface area contributed by atoms with Gasteiger partial charge in [0, 0.05) is 11.6 Å². The monoisotopic (exact) mass is 577 g/mol. The van der Waals surface area contributed by atoms with E-state index in [9.17, 15) is 13.2 Å². The van der Waals surface area contributed by atoms with Gasteiger partial charge < -0.3 is 9.47 Å². The van der Waals surface area contributed by atoms with Crippen LogP contribution in [0.15, 0.2) is 94.9 Å². The van der Waals surface area contributed by atoms with Crippen LogP contribution in [0.4, 0.5) is 0 Å². The number of hydrazone groups is 1. The molecule has 4 aromatic carbocycles. The molecule has 1 heterocycles. The molecule has 1 N–H and O–H groups in total. The average molecular weight is 578 g/mol. The van der Waals surface area contributed by atoms with E-state index in [2.05, 4.69) is 28.7 Å². The lowest BCUT2D eigenvalue weighted by molar-refractivity contribution is -0.124. The first-order valence-corrected chi connectivity index (χ1v) is 14.6. The molecule has 40 heavy (non-hydrogen) atoms. The maximum atomic E-state index is 13.1. The third-order valence-electron chi connectivity index (χ3n) is 6.77. The summed E-state index contributed by atoms with van der Waals surface area (Å²) >= 11 is 5.89. The first kappa shape index (κ1) is 27.6.